The van der Waals surface area contributed by atoms with Gasteiger partial charge in [-0.15, -0.1) is 0 Å². The summed E-state index contributed by atoms with van der Waals surface area (Å²) in [5.74, 6) is 0.464. The second-order valence-corrected chi connectivity index (χ2v) is 4.22. The van der Waals surface area contributed by atoms with E-state index in [0.29, 0.717) is 11.4 Å². The fraction of sp³-hybridized carbons (Fsp3) is 0.214. The van der Waals surface area contributed by atoms with Crippen LogP contribution < -0.4 is 4.74 Å². The van der Waals surface area contributed by atoms with Crippen molar-refractivity contribution in [2.75, 3.05) is 7.11 Å². The zero-order valence-electron chi connectivity index (χ0n) is 10.9. The van der Waals surface area contributed by atoms with Gasteiger partial charge in [-0.1, -0.05) is 6.07 Å². The third-order valence-corrected chi connectivity index (χ3v) is 2.92. The summed E-state index contributed by atoms with van der Waals surface area (Å²) in [5, 5.41) is 21.2. The number of ether oxygens (including phenoxy) is 1. The molecule has 0 aliphatic rings. The average molecular weight is 274 g/mol. The summed E-state index contributed by atoms with van der Waals surface area (Å²) >= 11 is 0. The molecule has 0 fully saturated rings. The van der Waals surface area contributed by atoms with Crippen LogP contribution in [0.2, 0.25) is 0 Å². The number of hydrogen-bond acceptors (Lipinski definition) is 5. The fourth-order valence-electron chi connectivity index (χ4n) is 1.92. The van der Waals surface area contributed by atoms with E-state index in [9.17, 15) is 15.2 Å². The van der Waals surface area contributed by atoms with Crippen LogP contribution >= 0.6 is 0 Å². The first-order valence-electron chi connectivity index (χ1n) is 6.02. The van der Waals surface area contributed by atoms with Crippen molar-refractivity contribution < 1.29 is 14.8 Å². The Kier molecular flexibility index (Phi) is 4.27. The minimum absolute atomic E-state index is 0.130. The molecule has 6 nitrogen and oxygen atoms in total. The van der Waals surface area contributed by atoms with E-state index in [2.05, 4.69) is 4.98 Å². The first-order valence-corrected chi connectivity index (χ1v) is 6.02. The molecule has 1 heterocycles. The average Bonchev–Trinajstić information content (AvgIpc) is 2.47. The molecule has 0 amide bonds. The van der Waals surface area contributed by atoms with E-state index >= 15 is 0 Å². The number of methoxy groups -OCH3 is 1. The van der Waals surface area contributed by atoms with Gasteiger partial charge in [0.2, 0.25) is 0 Å². The van der Waals surface area contributed by atoms with E-state index in [0.717, 1.165) is 0 Å². The molecule has 2 aromatic rings. The number of nitrogens with zero attached hydrogens (tertiary/aromatic N) is 2. The lowest BCUT2D eigenvalue weighted by atomic mass is 10.0. The van der Waals surface area contributed by atoms with Crippen LogP contribution in [0.1, 0.15) is 17.4 Å². The monoisotopic (exact) mass is 274 g/mol. The van der Waals surface area contributed by atoms with Gasteiger partial charge in [-0.25, -0.2) is 0 Å². The molecule has 6 heteroatoms. The summed E-state index contributed by atoms with van der Waals surface area (Å²) in [6.07, 6.45) is 0.803. The summed E-state index contributed by atoms with van der Waals surface area (Å²) in [4.78, 5) is 14.6. The van der Waals surface area contributed by atoms with Crippen LogP contribution in [0.25, 0.3) is 0 Å². The molecule has 20 heavy (non-hydrogen) atoms. The number of nitro groups is 1. The first kappa shape index (κ1) is 14.0. The Labute approximate surface area is 115 Å². The smallest absolute Gasteiger partial charge is 0.275 e. The predicted octanol–water partition coefficient (Wildman–Crippen LogP) is 2.27. The topological polar surface area (TPSA) is 85.5 Å². The van der Waals surface area contributed by atoms with Crippen LogP contribution in [0.3, 0.4) is 0 Å². The van der Waals surface area contributed by atoms with Crippen LogP contribution in [-0.4, -0.2) is 22.1 Å². The second-order valence-electron chi connectivity index (χ2n) is 4.22. The molecule has 1 unspecified atom stereocenters. The van der Waals surface area contributed by atoms with Gasteiger partial charge in [0.1, 0.15) is 5.75 Å². The molecule has 1 aromatic carbocycles. The summed E-state index contributed by atoms with van der Waals surface area (Å²) in [6.45, 7) is 0. The highest BCUT2D eigenvalue weighted by molar-refractivity contribution is 5.46. The minimum Gasteiger partial charge on any atom is -0.497 e. The van der Waals surface area contributed by atoms with Crippen molar-refractivity contribution in [1.82, 2.24) is 4.98 Å². The Bertz CT molecular complexity index is 601. The maximum atomic E-state index is 11.0. The number of benzene rings is 1. The summed E-state index contributed by atoms with van der Waals surface area (Å²) in [7, 11) is 1.47. The molecule has 0 radical (unpaired) electrons. The summed E-state index contributed by atoms with van der Waals surface area (Å²) in [5.41, 5.74) is 0.756. The Morgan fingerprint density at radius 3 is 2.80 bits per heavy atom. The molecule has 1 N–H and O–H groups in total. The van der Waals surface area contributed by atoms with E-state index in [4.69, 9.17) is 4.74 Å². The van der Waals surface area contributed by atoms with Crippen LogP contribution in [0.5, 0.6) is 5.75 Å². The van der Waals surface area contributed by atoms with Crippen molar-refractivity contribution in [3.63, 3.8) is 0 Å². The van der Waals surface area contributed by atoms with Crippen LogP contribution in [0, 0.1) is 10.1 Å². The van der Waals surface area contributed by atoms with Gasteiger partial charge in [0.15, 0.2) is 0 Å². The van der Waals surface area contributed by atoms with Gasteiger partial charge in [-0.2, -0.15) is 0 Å². The van der Waals surface area contributed by atoms with Crippen LogP contribution in [0.4, 0.5) is 5.69 Å². The standard InChI is InChI=1S/C14H14N2O4/c1-20-11-5-6-13(16(18)19)12(9-11)14(17)8-10-4-2-3-7-15-10/h2-7,9,14,17H,8H2,1H3. The van der Waals surface area contributed by atoms with Crippen molar-refractivity contribution in [3.8, 4) is 5.75 Å². The van der Waals surface area contributed by atoms with Crippen molar-refractivity contribution in [2.45, 2.75) is 12.5 Å². The van der Waals surface area contributed by atoms with E-state index in [1.54, 1.807) is 24.4 Å². The molecule has 1 atom stereocenters. The molecule has 0 bridgehead atoms. The molecule has 0 aliphatic carbocycles. The number of aliphatic hydroxyl groups is 1. The predicted molar refractivity (Wildman–Crippen MR) is 72.5 cm³/mol. The number of aliphatic hydroxyl groups excluding tert-OH is 1. The maximum absolute atomic E-state index is 11.0. The number of rotatable bonds is 5. The van der Waals surface area contributed by atoms with Gasteiger partial charge >= 0.3 is 0 Å². The number of pyridine rings is 1. The van der Waals surface area contributed by atoms with E-state index in [-0.39, 0.29) is 17.7 Å². The number of nitro benzene ring substituents is 1. The summed E-state index contributed by atoms with van der Waals surface area (Å²) in [6, 6.07) is 9.63. The second kappa shape index (κ2) is 6.12. The molecular formula is C14H14N2O4. The van der Waals surface area contributed by atoms with Gasteiger partial charge in [-0.05, 0) is 24.3 Å². The highest BCUT2D eigenvalue weighted by Gasteiger charge is 2.21. The van der Waals surface area contributed by atoms with Gasteiger partial charge in [0.05, 0.1) is 23.7 Å². The van der Waals surface area contributed by atoms with Crippen LogP contribution in [-0.2, 0) is 6.42 Å². The molecule has 0 spiro atoms. The first-order chi connectivity index (χ1) is 9.61. The molecule has 2 rings (SSSR count). The Morgan fingerprint density at radius 1 is 1.40 bits per heavy atom. The Morgan fingerprint density at radius 2 is 2.20 bits per heavy atom. The lowest BCUT2D eigenvalue weighted by molar-refractivity contribution is -0.386. The zero-order valence-corrected chi connectivity index (χ0v) is 10.9. The van der Waals surface area contributed by atoms with E-state index in [1.807, 2.05) is 0 Å². The summed E-state index contributed by atoms with van der Waals surface area (Å²) < 4.78 is 5.04. The molecule has 0 saturated heterocycles. The van der Waals surface area contributed by atoms with Gasteiger partial charge in [-0.3, -0.25) is 15.1 Å². The largest absolute Gasteiger partial charge is 0.497 e. The number of hydrogen-bond donors (Lipinski definition) is 1. The normalized spacial score (nSPS) is 11.9. The van der Waals surface area contributed by atoms with Crippen molar-refractivity contribution in [3.05, 3.63) is 64.0 Å². The molecule has 104 valence electrons. The van der Waals surface area contributed by atoms with Crippen molar-refractivity contribution in [1.29, 1.82) is 0 Å². The Balaban J connectivity index is 2.32. The third-order valence-electron chi connectivity index (χ3n) is 2.92. The quantitative estimate of drug-likeness (QED) is 0.667. The Hall–Kier alpha value is -2.47. The van der Waals surface area contributed by atoms with Crippen molar-refractivity contribution in [2.24, 2.45) is 0 Å². The van der Waals surface area contributed by atoms with Crippen molar-refractivity contribution >= 4 is 5.69 Å². The minimum atomic E-state index is -1.01. The van der Waals surface area contributed by atoms with Gasteiger partial charge in [0, 0.05) is 24.4 Å². The van der Waals surface area contributed by atoms with E-state index < -0.39 is 11.0 Å². The van der Waals surface area contributed by atoms with Gasteiger partial charge in [0.25, 0.3) is 5.69 Å². The molecule has 0 saturated carbocycles. The highest BCUT2D eigenvalue weighted by atomic mass is 16.6. The number of aromatic nitrogens is 1. The lowest BCUT2D eigenvalue weighted by Gasteiger charge is -2.12. The molecule has 1 aromatic heterocycles. The molecule has 0 aliphatic heterocycles. The van der Waals surface area contributed by atoms with E-state index in [1.165, 1.54) is 25.3 Å². The lowest BCUT2D eigenvalue weighted by Crippen LogP contribution is -2.06. The highest BCUT2D eigenvalue weighted by Crippen LogP contribution is 2.30. The third kappa shape index (κ3) is 3.10. The fourth-order valence-corrected chi connectivity index (χ4v) is 1.92. The van der Waals surface area contributed by atoms with Gasteiger partial charge < -0.3 is 9.84 Å². The zero-order chi connectivity index (χ0) is 14.5. The molecular weight excluding hydrogens is 260 g/mol. The maximum Gasteiger partial charge on any atom is 0.275 e. The van der Waals surface area contributed by atoms with Crippen LogP contribution in [0.15, 0.2) is 42.6 Å². The SMILES string of the molecule is COc1ccc([N+](=O)[O-])c(C(O)Cc2ccccn2)c1.